The molecule has 0 aliphatic heterocycles. The standard InChI is InChI=1S/C13H16FN3O/c1-2-3-6-17(9-13(16)18)12-5-4-11(14)7-10(12)8-15/h4-5,7H,2-3,6,9H2,1H3,(H2,16,18). The molecule has 96 valence electrons. The molecule has 0 saturated heterocycles. The Morgan fingerprint density at radius 1 is 1.56 bits per heavy atom. The number of rotatable bonds is 6. The molecule has 0 aromatic heterocycles. The molecule has 0 radical (unpaired) electrons. The Balaban J connectivity index is 3.03. The third-order valence-electron chi connectivity index (χ3n) is 2.55. The van der Waals surface area contributed by atoms with Gasteiger partial charge >= 0.3 is 0 Å². The van der Waals surface area contributed by atoms with Crippen LogP contribution in [0.2, 0.25) is 0 Å². The fourth-order valence-electron chi connectivity index (χ4n) is 1.70. The topological polar surface area (TPSA) is 70.1 Å². The van der Waals surface area contributed by atoms with Gasteiger partial charge in [-0.2, -0.15) is 5.26 Å². The molecule has 5 heteroatoms. The summed E-state index contributed by atoms with van der Waals surface area (Å²) in [6.45, 7) is 2.67. The van der Waals surface area contributed by atoms with Crippen LogP contribution in [-0.4, -0.2) is 19.0 Å². The van der Waals surface area contributed by atoms with E-state index in [0.29, 0.717) is 12.2 Å². The molecular weight excluding hydrogens is 233 g/mol. The Morgan fingerprint density at radius 2 is 2.28 bits per heavy atom. The highest BCUT2D eigenvalue weighted by atomic mass is 19.1. The zero-order valence-corrected chi connectivity index (χ0v) is 10.3. The molecule has 0 fully saturated rings. The molecule has 0 saturated carbocycles. The van der Waals surface area contributed by atoms with Gasteiger partial charge in [-0.3, -0.25) is 4.79 Å². The predicted octanol–water partition coefficient (Wildman–Crippen LogP) is 1.79. The molecular formula is C13H16FN3O. The van der Waals surface area contributed by atoms with Crippen molar-refractivity contribution >= 4 is 11.6 Å². The van der Waals surface area contributed by atoms with Crippen LogP contribution in [0.1, 0.15) is 25.3 Å². The normalized spacial score (nSPS) is 9.83. The maximum Gasteiger partial charge on any atom is 0.236 e. The number of nitriles is 1. The van der Waals surface area contributed by atoms with Crippen molar-refractivity contribution in [1.82, 2.24) is 0 Å². The lowest BCUT2D eigenvalue weighted by Gasteiger charge is -2.24. The van der Waals surface area contributed by atoms with E-state index in [9.17, 15) is 9.18 Å². The lowest BCUT2D eigenvalue weighted by Crippen LogP contribution is -2.35. The molecule has 0 bridgehead atoms. The van der Waals surface area contributed by atoms with Crippen LogP contribution in [-0.2, 0) is 4.79 Å². The van der Waals surface area contributed by atoms with Gasteiger partial charge in [-0.25, -0.2) is 4.39 Å². The van der Waals surface area contributed by atoms with E-state index in [0.717, 1.165) is 18.9 Å². The highest BCUT2D eigenvalue weighted by molar-refractivity contribution is 5.80. The average Bonchev–Trinajstić information content (AvgIpc) is 2.34. The largest absolute Gasteiger partial charge is 0.368 e. The zero-order valence-electron chi connectivity index (χ0n) is 10.3. The number of hydrogen-bond acceptors (Lipinski definition) is 3. The van der Waals surface area contributed by atoms with Gasteiger partial charge in [0.1, 0.15) is 11.9 Å². The summed E-state index contributed by atoms with van der Waals surface area (Å²) in [6.07, 6.45) is 1.83. The number of anilines is 1. The van der Waals surface area contributed by atoms with Gasteiger partial charge in [0.25, 0.3) is 0 Å². The van der Waals surface area contributed by atoms with Gasteiger partial charge in [0.2, 0.25) is 5.91 Å². The summed E-state index contributed by atoms with van der Waals surface area (Å²) in [4.78, 5) is 12.7. The summed E-state index contributed by atoms with van der Waals surface area (Å²) < 4.78 is 13.1. The Kier molecular flexibility index (Phi) is 5.12. The number of amides is 1. The van der Waals surface area contributed by atoms with E-state index in [4.69, 9.17) is 11.0 Å². The summed E-state index contributed by atoms with van der Waals surface area (Å²) in [5.41, 5.74) is 5.95. The first kappa shape index (κ1) is 14.0. The number of nitrogens with zero attached hydrogens (tertiary/aromatic N) is 2. The minimum Gasteiger partial charge on any atom is -0.368 e. The molecule has 0 heterocycles. The predicted molar refractivity (Wildman–Crippen MR) is 67.4 cm³/mol. The minimum absolute atomic E-state index is 0.0281. The number of carbonyl (C=O) groups is 1. The van der Waals surface area contributed by atoms with Crippen LogP contribution >= 0.6 is 0 Å². The molecule has 1 aromatic carbocycles. The second-order valence-corrected chi connectivity index (χ2v) is 4.01. The molecule has 4 nitrogen and oxygen atoms in total. The van der Waals surface area contributed by atoms with Gasteiger partial charge in [-0.05, 0) is 24.6 Å². The van der Waals surface area contributed by atoms with Crippen molar-refractivity contribution in [3.63, 3.8) is 0 Å². The quantitative estimate of drug-likeness (QED) is 0.835. The SMILES string of the molecule is CCCCN(CC(N)=O)c1ccc(F)cc1C#N. The van der Waals surface area contributed by atoms with E-state index in [1.54, 1.807) is 4.90 Å². The fourth-order valence-corrected chi connectivity index (χ4v) is 1.70. The van der Waals surface area contributed by atoms with Crippen LogP contribution in [0.25, 0.3) is 0 Å². The fraction of sp³-hybridized carbons (Fsp3) is 0.385. The molecule has 1 amide bonds. The second kappa shape index (κ2) is 6.60. The Morgan fingerprint density at radius 3 is 2.83 bits per heavy atom. The first-order valence-corrected chi connectivity index (χ1v) is 5.81. The van der Waals surface area contributed by atoms with E-state index in [-0.39, 0.29) is 12.1 Å². The number of benzene rings is 1. The van der Waals surface area contributed by atoms with E-state index in [1.807, 2.05) is 13.0 Å². The summed E-state index contributed by atoms with van der Waals surface area (Å²) in [7, 11) is 0. The van der Waals surface area contributed by atoms with Crippen molar-refractivity contribution in [3.05, 3.63) is 29.6 Å². The van der Waals surface area contributed by atoms with Crippen LogP contribution in [0.3, 0.4) is 0 Å². The zero-order chi connectivity index (χ0) is 13.5. The summed E-state index contributed by atoms with van der Waals surface area (Å²) in [5, 5.41) is 8.99. The van der Waals surface area contributed by atoms with Gasteiger partial charge in [-0.15, -0.1) is 0 Å². The summed E-state index contributed by atoms with van der Waals surface area (Å²) >= 11 is 0. The van der Waals surface area contributed by atoms with Gasteiger partial charge in [0.15, 0.2) is 0 Å². The maximum absolute atomic E-state index is 13.1. The molecule has 1 rings (SSSR count). The molecule has 0 unspecified atom stereocenters. The number of primary amides is 1. The molecule has 0 atom stereocenters. The second-order valence-electron chi connectivity index (χ2n) is 4.01. The number of hydrogen-bond donors (Lipinski definition) is 1. The van der Waals surface area contributed by atoms with E-state index in [2.05, 4.69) is 0 Å². The van der Waals surface area contributed by atoms with Crippen molar-refractivity contribution in [1.29, 1.82) is 5.26 Å². The van der Waals surface area contributed by atoms with Crippen molar-refractivity contribution in [3.8, 4) is 6.07 Å². The average molecular weight is 249 g/mol. The van der Waals surface area contributed by atoms with Crippen molar-refractivity contribution < 1.29 is 9.18 Å². The molecule has 2 N–H and O–H groups in total. The summed E-state index contributed by atoms with van der Waals surface area (Å²) in [6, 6.07) is 5.88. The summed E-state index contributed by atoms with van der Waals surface area (Å²) in [5.74, 6) is -0.941. The number of halogens is 1. The number of carbonyl (C=O) groups excluding carboxylic acids is 1. The van der Waals surface area contributed by atoms with E-state index >= 15 is 0 Å². The van der Waals surface area contributed by atoms with E-state index < -0.39 is 11.7 Å². The highest BCUT2D eigenvalue weighted by Gasteiger charge is 2.13. The first-order valence-electron chi connectivity index (χ1n) is 5.81. The minimum atomic E-state index is -0.473. The smallest absolute Gasteiger partial charge is 0.236 e. The van der Waals surface area contributed by atoms with Gasteiger partial charge < -0.3 is 10.6 Å². The molecule has 0 spiro atoms. The van der Waals surface area contributed by atoms with Crippen molar-refractivity contribution in [2.45, 2.75) is 19.8 Å². The van der Waals surface area contributed by atoms with Crippen LogP contribution in [0.5, 0.6) is 0 Å². The third-order valence-corrected chi connectivity index (χ3v) is 2.55. The third kappa shape index (κ3) is 3.74. The van der Waals surface area contributed by atoms with E-state index in [1.165, 1.54) is 12.1 Å². The Bertz CT molecular complexity index is 468. The van der Waals surface area contributed by atoms with Crippen LogP contribution in [0.15, 0.2) is 18.2 Å². The number of unbranched alkanes of at least 4 members (excludes halogenated alkanes) is 1. The van der Waals surface area contributed by atoms with Crippen molar-refractivity contribution in [2.75, 3.05) is 18.0 Å². The van der Waals surface area contributed by atoms with Crippen LogP contribution in [0.4, 0.5) is 10.1 Å². The lowest BCUT2D eigenvalue weighted by molar-refractivity contribution is -0.116. The van der Waals surface area contributed by atoms with Gasteiger partial charge in [0, 0.05) is 6.54 Å². The monoisotopic (exact) mass is 249 g/mol. The Hall–Kier alpha value is -2.09. The van der Waals surface area contributed by atoms with Crippen molar-refractivity contribution in [2.24, 2.45) is 5.73 Å². The highest BCUT2D eigenvalue weighted by Crippen LogP contribution is 2.21. The molecule has 18 heavy (non-hydrogen) atoms. The molecule has 0 aliphatic carbocycles. The lowest BCUT2D eigenvalue weighted by atomic mass is 10.1. The molecule has 0 aliphatic rings. The van der Waals surface area contributed by atoms with Crippen LogP contribution in [0, 0.1) is 17.1 Å². The number of nitrogens with two attached hydrogens (primary N) is 1. The van der Waals surface area contributed by atoms with Gasteiger partial charge in [-0.1, -0.05) is 13.3 Å². The van der Waals surface area contributed by atoms with Crippen LogP contribution < -0.4 is 10.6 Å². The van der Waals surface area contributed by atoms with Gasteiger partial charge in [0.05, 0.1) is 17.8 Å². The molecule has 1 aromatic rings. The Labute approximate surface area is 106 Å². The first-order chi connectivity index (χ1) is 8.58. The maximum atomic E-state index is 13.1.